The van der Waals surface area contributed by atoms with E-state index in [-0.39, 0.29) is 0 Å². The first-order valence-electron chi connectivity index (χ1n) is 4.06. The van der Waals surface area contributed by atoms with Crippen molar-refractivity contribution in [2.45, 2.75) is 12.4 Å². The molecule has 1 atom stereocenters. The van der Waals surface area contributed by atoms with Crippen molar-refractivity contribution in [2.75, 3.05) is 7.11 Å². The fourth-order valence-corrected chi connectivity index (χ4v) is 3.04. The number of hydrogen-bond acceptors (Lipinski definition) is 1. The summed E-state index contributed by atoms with van der Waals surface area (Å²) < 4.78 is 5.29. The van der Waals surface area contributed by atoms with E-state index in [0.717, 1.165) is 16.5 Å². The average Bonchev–Trinajstić information content (AvgIpc) is 2.16. The van der Waals surface area contributed by atoms with Gasteiger partial charge in [0.1, 0.15) is 5.75 Å². The number of hydrogen-bond donors (Lipinski definition) is 0. The number of ether oxygens (including phenoxy) is 1. The maximum atomic E-state index is 6.13. The van der Waals surface area contributed by atoms with Gasteiger partial charge in [-0.1, -0.05) is 24.7 Å². The second kappa shape index (κ2) is 4.89. The van der Waals surface area contributed by atoms with Gasteiger partial charge in [-0.05, 0) is 5.19 Å². The third-order valence-corrected chi connectivity index (χ3v) is 4.21. The third-order valence-electron chi connectivity index (χ3n) is 1.90. The van der Waals surface area contributed by atoms with E-state index in [2.05, 4.69) is 6.55 Å². The molecule has 0 heterocycles. The summed E-state index contributed by atoms with van der Waals surface area (Å²) in [7, 11) is 0.316. The van der Waals surface area contributed by atoms with E-state index in [1.807, 2.05) is 18.2 Å². The van der Waals surface area contributed by atoms with Crippen LogP contribution in [0, 0.1) is 0 Å². The van der Waals surface area contributed by atoms with Crippen LogP contribution >= 0.6 is 22.7 Å². The third kappa shape index (κ3) is 2.39. The topological polar surface area (TPSA) is 9.23 Å². The highest BCUT2D eigenvalue weighted by Gasteiger charge is 2.12. The lowest BCUT2D eigenvalue weighted by atomic mass is 10.2. The van der Waals surface area contributed by atoms with Gasteiger partial charge in [-0.2, -0.15) is 11.1 Å². The summed E-state index contributed by atoms with van der Waals surface area (Å²) in [5.41, 5.74) is 1.02. The summed E-state index contributed by atoms with van der Waals surface area (Å²) in [6, 6.07) is 5.95. The van der Waals surface area contributed by atoms with Crippen LogP contribution in [0.3, 0.4) is 0 Å². The Kier molecular flexibility index (Phi) is 4.10. The molecule has 0 saturated carbocycles. The van der Waals surface area contributed by atoms with Gasteiger partial charge in [0.05, 0.1) is 13.0 Å². The number of alkyl halides is 1. The maximum absolute atomic E-state index is 6.13. The molecule has 1 rings (SSSR count). The minimum absolute atomic E-state index is 0.467. The zero-order valence-electron chi connectivity index (χ0n) is 7.68. The van der Waals surface area contributed by atoms with Gasteiger partial charge in [0.15, 0.2) is 8.11 Å². The zero-order chi connectivity index (χ0) is 9.84. The van der Waals surface area contributed by atoms with Crippen molar-refractivity contribution >= 4 is 36.0 Å². The Morgan fingerprint density at radius 2 is 2.15 bits per heavy atom. The van der Waals surface area contributed by atoms with Crippen LogP contribution in [0.4, 0.5) is 0 Å². The monoisotopic (exact) mass is 234 g/mol. The Labute approximate surface area is 89.9 Å². The van der Waals surface area contributed by atoms with E-state index in [1.165, 1.54) is 0 Å². The molecule has 4 heteroatoms. The molecule has 13 heavy (non-hydrogen) atoms. The molecular formula is C9H12Cl2OSi. The predicted octanol–water partition coefficient (Wildman–Crippen LogP) is 2.23. The number of rotatable bonds is 3. The van der Waals surface area contributed by atoms with Crippen LogP contribution in [0.25, 0.3) is 0 Å². The van der Waals surface area contributed by atoms with Gasteiger partial charge in [0, 0.05) is 5.56 Å². The fraction of sp³-hybridized carbons (Fsp3) is 0.333. The molecule has 0 radical (unpaired) electrons. The molecule has 72 valence electrons. The van der Waals surface area contributed by atoms with E-state index in [0.29, 0.717) is 5.88 Å². The number of methoxy groups -OCH3 is 1. The van der Waals surface area contributed by atoms with Crippen molar-refractivity contribution in [3.63, 3.8) is 0 Å². The number of para-hydroxylation sites is 1. The summed E-state index contributed by atoms with van der Waals surface area (Å²) in [4.78, 5) is 0. The quantitative estimate of drug-likeness (QED) is 0.443. The van der Waals surface area contributed by atoms with Crippen LogP contribution in [0.1, 0.15) is 5.56 Å². The molecule has 1 aromatic rings. The van der Waals surface area contributed by atoms with Gasteiger partial charge in [-0.3, -0.25) is 0 Å². The van der Waals surface area contributed by atoms with Crippen molar-refractivity contribution < 1.29 is 4.74 Å². The lowest BCUT2D eigenvalue weighted by Crippen LogP contribution is -2.23. The lowest BCUT2D eigenvalue weighted by molar-refractivity contribution is 0.414. The first-order chi connectivity index (χ1) is 6.20. The Balaban J connectivity index is 3.19. The SMILES string of the molecule is COc1c(CCl)cccc1[SiH](C)Cl. The Bertz CT molecular complexity index is 289. The molecular weight excluding hydrogens is 223 g/mol. The average molecular weight is 235 g/mol. The van der Waals surface area contributed by atoms with Gasteiger partial charge in [-0.15, -0.1) is 11.6 Å². The largest absolute Gasteiger partial charge is 0.497 e. The predicted molar refractivity (Wildman–Crippen MR) is 61.1 cm³/mol. The molecule has 0 aliphatic rings. The molecule has 0 spiro atoms. The first kappa shape index (κ1) is 10.9. The minimum atomic E-state index is -1.34. The van der Waals surface area contributed by atoms with Gasteiger partial charge in [-0.25, -0.2) is 0 Å². The van der Waals surface area contributed by atoms with Gasteiger partial charge in [0.2, 0.25) is 0 Å². The minimum Gasteiger partial charge on any atom is -0.497 e. The molecule has 0 saturated heterocycles. The van der Waals surface area contributed by atoms with Crippen LogP contribution in [-0.2, 0) is 5.88 Å². The van der Waals surface area contributed by atoms with Crippen molar-refractivity contribution in [2.24, 2.45) is 0 Å². The fourth-order valence-electron chi connectivity index (χ4n) is 1.27. The zero-order valence-corrected chi connectivity index (χ0v) is 10.3. The molecule has 0 aliphatic heterocycles. The van der Waals surface area contributed by atoms with Crippen molar-refractivity contribution in [1.82, 2.24) is 0 Å². The Morgan fingerprint density at radius 3 is 2.62 bits per heavy atom. The standard InChI is InChI=1S/C9H12Cl2OSi/c1-12-9-7(6-10)4-3-5-8(9)13(2)11/h3-5,13H,6H2,1-2H3. The van der Waals surface area contributed by atoms with E-state index in [4.69, 9.17) is 27.4 Å². The normalized spacial score (nSPS) is 12.6. The molecule has 0 aromatic heterocycles. The van der Waals surface area contributed by atoms with E-state index >= 15 is 0 Å². The second-order valence-electron chi connectivity index (χ2n) is 2.79. The molecule has 0 bridgehead atoms. The Morgan fingerprint density at radius 1 is 1.46 bits per heavy atom. The summed E-state index contributed by atoms with van der Waals surface area (Å²) in [6.07, 6.45) is 0. The van der Waals surface area contributed by atoms with Crippen LogP contribution in [0.15, 0.2) is 18.2 Å². The first-order valence-corrected chi connectivity index (χ1v) is 8.07. The van der Waals surface area contributed by atoms with E-state index in [1.54, 1.807) is 7.11 Å². The van der Waals surface area contributed by atoms with Crippen molar-refractivity contribution in [1.29, 1.82) is 0 Å². The van der Waals surface area contributed by atoms with Gasteiger partial charge < -0.3 is 4.74 Å². The van der Waals surface area contributed by atoms with Crippen molar-refractivity contribution in [3.8, 4) is 5.75 Å². The highest BCUT2D eigenvalue weighted by molar-refractivity contribution is 7.14. The molecule has 1 aromatic carbocycles. The Hall–Kier alpha value is -0.183. The molecule has 0 amide bonds. The molecule has 0 fully saturated rings. The smallest absolute Gasteiger partial charge is 0.172 e. The summed E-state index contributed by atoms with van der Waals surface area (Å²) in [6.45, 7) is 2.05. The lowest BCUT2D eigenvalue weighted by Gasteiger charge is -2.12. The molecule has 0 N–H and O–H groups in total. The van der Waals surface area contributed by atoms with Crippen LogP contribution in [0.2, 0.25) is 6.55 Å². The van der Waals surface area contributed by atoms with E-state index < -0.39 is 8.11 Å². The van der Waals surface area contributed by atoms with E-state index in [9.17, 15) is 0 Å². The van der Waals surface area contributed by atoms with Crippen LogP contribution < -0.4 is 9.92 Å². The van der Waals surface area contributed by atoms with Crippen LogP contribution in [0.5, 0.6) is 5.75 Å². The van der Waals surface area contributed by atoms with Gasteiger partial charge in [0.25, 0.3) is 0 Å². The summed E-state index contributed by atoms with van der Waals surface area (Å²) in [5.74, 6) is 1.33. The summed E-state index contributed by atoms with van der Waals surface area (Å²) >= 11 is 11.9. The molecule has 0 aliphatic carbocycles. The van der Waals surface area contributed by atoms with Gasteiger partial charge >= 0.3 is 0 Å². The molecule has 1 nitrogen and oxygen atoms in total. The summed E-state index contributed by atoms with van der Waals surface area (Å²) in [5, 5.41) is 1.13. The van der Waals surface area contributed by atoms with Crippen molar-refractivity contribution in [3.05, 3.63) is 23.8 Å². The highest BCUT2D eigenvalue weighted by Crippen LogP contribution is 2.18. The van der Waals surface area contributed by atoms with Crippen LogP contribution in [-0.4, -0.2) is 15.2 Å². The molecule has 1 unspecified atom stereocenters. The second-order valence-corrected chi connectivity index (χ2v) is 6.87. The number of halogens is 2. The number of benzene rings is 1. The highest BCUT2D eigenvalue weighted by atomic mass is 35.6. The maximum Gasteiger partial charge on any atom is 0.172 e.